The molecule has 0 spiro atoms. The third kappa shape index (κ3) is 4.59. The molecule has 1 saturated heterocycles. The van der Waals surface area contributed by atoms with Gasteiger partial charge in [-0.05, 0) is 36.6 Å². The molecule has 202 valence electrons. The summed E-state index contributed by atoms with van der Waals surface area (Å²) in [7, 11) is 1.55. The highest BCUT2D eigenvalue weighted by Gasteiger charge is 2.28. The highest BCUT2D eigenvalue weighted by atomic mass is 19.1. The molecule has 3 N–H and O–H groups in total. The topological polar surface area (TPSA) is 140 Å². The predicted molar refractivity (Wildman–Crippen MR) is 146 cm³/mol. The van der Waals surface area contributed by atoms with Crippen molar-refractivity contribution in [2.24, 2.45) is 5.73 Å². The first-order chi connectivity index (χ1) is 19.4. The zero-order valence-corrected chi connectivity index (χ0v) is 21.7. The maximum Gasteiger partial charge on any atom is 0.256 e. The number of imidazole rings is 1. The number of likely N-dealkylation sites (tertiary alicyclic amines) is 1. The summed E-state index contributed by atoms with van der Waals surface area (Å²) in [6, 6.07) is 12.3. The molecule has 0 unspecified atom stereocenters. The number of carbonyl (C=O) groups is 2. The van der Waals surface area contributed by atoms with Crippen LogP contribution in [-0.4, -0.2) is 62.1 Å². The third-order valence-electron chi connectivity index (χ3n) is 7.40. The molecule has 1 aliphatic heterocycles. The minimum absolute atomic E-state index is 0.0302. The summed E-state index contributed by atoms with van der Waals surface area (Å²) in [6.45, 7) is 0.888. The van der Waals surface area contributed by atoms with E-state index in [1.165, 1.54) is 12.3 Å². The van der Waals surface area contributed by atoms with E-state index in [0.29, 0.717) is 55.0 Å². The highest BCUT2D eigenvalue weighted by Crippen LogP contribution is 2.30. The van der Waals surface area contributed by atoms with Gasteiger partial charge in [0.15, 0.2) is 0 Å². The van der Waals surface area contributed by atoms with Crippen molar-refractivity contribution < 1.29 is 18.7 Å². The summed E-state index contributed by atoms with van der Waals surface area (Å²) in [6.07, 6.45) is 4.67. The van der Waals surface area contributed by atoms with Crippen LogP contribution in [0.2, 0.25) is 0 Å². The van der Waals surface area contributed by atoms with E-state index < -0.39 is 11.7 Å². The molecule has 2 amide bonds. The number of nitrogens with one attached hydrogen (secondary N) is 1. The second kappa shape index (κ2) is 10.3. The van der Waals surface area contributed by atoms with Crippen LogP contribution in [0.1, 0.15) is 56.6 Å². The molecule has 1 fully saturated rings. The Morgan fingerprint density at radius 3 is 2.60 bits per heavy atom. The lowest BCUT2D eigenvalue weighted by atomic mass is 9.95. The van der Waals surface area contributed by atoms with E-state index in [2.05, 4.69) is 25.1 Å². The minimum Gasteiger partial charge on any atom is -0.479 e. The molecule has 2 aromatic carbocycles. The summed E-state index contributed by atoms with van der Waals surface area (Å²) >= 11 is 0. The number of methoxy groups -OCH3 is 1. The van der Waals surface area contributed by atoms with Gasteiger partial charge in [0.05, 0.1) is 35.6 Å². The number of rotatable bonds is 6. The van der Waals surface area contributed by atoms with Crippen molar-refractivity contribution in [3.63, 3.8) is 0 Å². The summed E-state index contributed by atoms with van der Waals surface area (Å²) in [4.78, 5) is 38.7. The molecule has 11 heteroatoms. The first-order valence-electron chi connectivity index (χ1n) is 12.9. The fraction of sp³-hybridized carbons (Fsp3) is 0.241. The van der Waals surface area contributed by atoms with Gasteiger partial charge in [-0.25, -0.2) is 9.37 Å². The Morgan fingerprint density at radius 1 is 1.07 bits per heavy atom. The van der Waals surface area contributed by atoms with E-state index in [1.807, 2.05) is 24.3 Å². The van der Waals surface area contributed by atoms with E-state index in [-0.39, 0.29) is 23.0 Å². The second-order valence-corrected chi connectivity index (χ2v) is 9.83. The number of fused-ring (bicyclic) bond motifs is 2. The van der Waals surface area contributed by atoms with Crippen molar-refractivity contribution in [3.05, 3.63) is 88.9 Å². The number of nitrogens with two attached hydrogens (primary N) is 1. The maximum atomic E-state index is 14.9. The third-order valence-corrected chi connectivity index (χ3v) is 7.40. The lowest BCUT2D eigenvalue weighted by molar-refractivity contribution is 0.0706. The quantitative estimate of drug-likeness (QED) is 0.335. The number of primary amides is 1. The van der Waals surface area contributed by atoms with Crippen molar-refractivity contribution in [3.8, 4) is 5.88 Å². The van der Waals surface area contributed by atoms with Gasteiger partial charge in [0.25, 0.3) is 11.8 Å². The molecule has 3 aromatic heterocycles. The number of ether oxygens (including phenoxy) is 1. The van der Waals surface area contributed by atoms with Crippen LogP contribution in [0.3, 0.4) is 0 Å². The van der Waals surface area contributed by atoms with Gasteiger partial charge in [0, 0.05) is 42.4 Å². The summed E-state index contributed by atoms with van der Waals surface area (Å²) < 4.78 is 20.2. The number of hydrogen-bond donors (Lipinski definition) is 2. The van der Waals surface area contributed by atoms with Gasteiger partial charge in [-0.15, -0.1) is 5.10 Å². The second-order valence-electron chi connectivity index (χ2n) is 9.83. The number of benzene rings is 2. The van der Waals surface area contributed by atoms with Crippen LogP contribution in [0.4, 0.5) is 4.39 Å². The van der Waals surface area contributed by atoms with Crippen molar-refractivity contribution in [2.75, 3.05) is 20.2 Å². The van der Waals surface area contributed by atoms with Crippen molar-refractivity contribution in [1.82, 2.24) is 30.0 Å². The van der Waals surface area contributed by atoms with Crippen LogP contribution in [0, 0.1) is 5.82 Å². The molecule has 5 aromatic rings. The van der Waals surface area contributed by atoms with E-state index in [9.17, 15) is 14.0 Å². The zero-order chi connectivity index (χ0) is 27.8. The number of piperidine rings is 1. The van der Waals surface area contributed by atoms with Gasteiger partial charge in [0.1, 0.15) is 17.2 Å². The molecule has 0 radical (unpaired) electrons. The average molecular weight is 540 g/mol. The summed E-state index contributed by atoms with van der Waals surface area (Å²) in [5.41, 5.74) is 8.34. The Morgan fingerprint density at radius 2 is 1.85 bits per heavy atom. The molecule has 6 rings (SSSR count). The summed E-state index contributed by atoms with van der Waals surface area (Å²) in [5, 5.41) is 10.2. The molecule has 0 atom stereocenters. The number of pyridine rings is 1. The molecule has 0 bridgehead atoms. The lowest BCUT2D eigenvalue weighted by Crippen LogP contribution is -2.38. The zero-order valence-electron chi connectivity index (χ0n) is 21.7. The van der Waals surface area contributed by atoms with Crippen LogP contribution in [0.5, 0.6) is 5.88 Å². The first-order valence-corrected chi connectivity index (χ1v) is 12.9. The molecular formula is C29H26FN7O3. The van der Waals surface area contributed by atoms with Gasteiger partial charge in [-0.3, -0.25) is 14.6 Å². The Kier molecular flexibility index (Phi) is 6.54. The molecule has 0 saturated carbocycles. The van der Waals surface area contributed by atoms with E-state index in [0.717, 1.165) is 22.2 Å². The normalized spacial score (nSPS) is 14.1. The first kappa shape index (κ1) is 25.4. The average Bonchev–Trinajstić information content (AvgIpc) is 3.42. The van der Waals surface area contributed by atoms with E-state index >= 15 is 0 Å². The molecule has 4 heterocycles. The maximum absolute atomic E-state index is 14.9. The standard InChI is InChI=1S/C29H26FN7O3/c1-40-28-19-5-3-2-4-18(19)23(35-36-28)13-16-6-7-22(30)20(12-16)29(39)37-10-8-17(9-11-37)27-33-24-15-32-14-21(26(31)38)25(24)34-27/h2-7,12,14-15,17H,8-11,13H2,1H3,(H2,31,38)(H,33,34). The number of nitrogens with zero attached hydrogens (tertiary/aromatic N) is 5. The number of H-pyrrole nitrogens is 1. The Labute approximate surface area is 228 Å². The monoisotopic (exact) mass is 539 g/mol. The fourth-order valence-electron chi connectivity index (χ4n) is 5.31. The Balaban J connectivity index is 1.19. The van der Waals surface area contributed by atoms with Gasteiger partial charge in [0.2, 0.25) is 5.88 Å². The molecule has 0 aliphatic carbocycles. The van der Waals surface area contributed by atoms with Crippen molar-refractivity contribution in [2.45, 2.75) is 25.2 Å². The van der Waals surface area contributed by atoms with Gasteiger partial charge < -0.3 is 20.4 Å². The molecule has 10 nitrogen and oxygen atoms in total. The number of hydrogen-bond acceptors (Lipinski definition) is 7. The lowest BCUT2D eigenvalue weighted by Gasteiger charge is -2.31. The van der Waals surface area contributed by atoms with Crippen LogP contribution in [0.25, 0.3) is 21.8 Å². The van der Waals surface area contributed by atoms with Gasteiger partial charge in [-0.1, -0.05) is 24.3 Å². The number of carbonyl (C=O) groups excluding carboxylic acids is 2. The Bertz CT molecular complexity index is 1760. The minimum atomic E-state index is -0.590. The largest absolute Gasteiger partial charge is 0.479 e. The number of halogens is 1. The highest BCUT2D eigenvalue weighted by molar-refractivity contribution is 6.03. The number of amides is 2. The molecule has 40 heavy (non-hydrogen) atoms. The Hall–Kier alpha value is -4.93. The smallest absolute Gasteiger partial charge is 0.256 e. The predicted octanol–water partition coefficient (Wildman–Crippen LogP) is 3.76. The van der Waals surface area contributed by atoms with Crippen molar-refractivity contribution >= 4 is 33.6 Å². The van der Waals surface area contributed by atoms with Crippen LogP contribution < -0.4 is 10.5 Å². The molecular weight excluding hydrogens is 513 g/mol. The van der Waals surface area contributed by atoms with E-state index in [4.69, 9.17) is 10.5 Å². The van der Waals surface area contributed by atoms with Crippen LogP contribution in [-0.2, 0) is 6.42 Å². The number of aromatic amines is 1. The van der Waals surface area contributed by atoms with Gasteiger partial charge >= 0.3 is 0 Å². The fourth-order valence-corrected chi connectivity index (χ4v) is 5.31. The van der Waals surface area contributed by atoms with Crippen LogP contribution in [0.15, 0.2) is 54.9 Å². The SMILES string of the molecule is COc1nnc(Cc2ccc(F)c(C(=O)N3CCC(c4nc5c(C(N)=O)cncc5[nH]4)CC3)c2)c2ccccc12. The van der Waals surface area contributed by atoms with Crippen LogP contribution >= 0.6 is 0 Å². The summed E-state index contributed by atoms with van der Waals surface area (Å²) in [5.74, 6) is -0.300. The van der Waals surface area contributed by atoms with Crippen molar-refractivity contribution in [1.29, 1.82) is 0 Å². The number of aromatic nitrogens is 5. The molecule has 1 aliphatic rings. The van der Waals surface area contributed by atoms with E-state index in [1.54, 1.807) is 30.3 Å². The van der Waals surface area contributed by atoms with Gasteiger partial charge in [-0.2, -0.15) is 5.10 Å².